The first-order valence-electron chi connectivity index (χ1n) is 5.96. The molecule has 0 saturated heterocycles. The molecule has 1 aliphatic carbocycles. The minimum Gasteiger partial charge on any atom is -0.359 e. The molecule has 84 valence electrons. The monoisotopic (exact) mass is 224 g/mol. The Balaban J connectivity index is 2.21. The number of hydrogen-bond acceptors (Lipinski definition) is 3. The molecule has 0 radical (unpaired) electrons. The first kappa shape index (κ1) is 10.9. The van der Waals surface area contributed by atoms with E-state index in [9.17, 15) is 0 Å². The molecule has 15 heavy (non-hydrogen) atoms. The van der Waals surface area contributed by atoms with Gasteiger partial charge in [0.15, 0.2) is 5.13 Å². The molecule has 1 aromatic heterocycles. The molecular formula is C12H20N2S. The summed E-state index contributed by atoms with van der Waals surface area (Å²) >= 11 is 1.86. The van der Waals surface area contributed by atoms with Crippen LogP contribution in [-0.4, -0.2) is 11.0 Å². The molecule has 0 bridgehead atoms. The number of fused-ring (bicyclic) bond motifs is 1. The van der Waals surface area contributed by atoms with Gasteiger partial charge in [-0.2, -0.15) is 0 Å². The van der Waals surface area contributed by atoms with E-state index in [1.165, 1.54) is 36.3 Å². The zero-order valence-corrected chi connectivity index (χ0v) is 10.7. The Morgan fingerprint density at radius 3 is 3.00 bits per heavy atom. The molecule has 0 amide bonds. The van der Waals surface area contributed by atoms with Crippen molar-refractivity contribution in [2.45, 2.75) is 58.4 Å². The van der Waals surface area contributed by atoms with Gasteiger partial charge in [-0.05, 0) is 39.5 Å². The average Bonchev–Trinajstić information content (AvgIpc) is 2.58. The van der Waals surface area contributed by atoms with Crippen molar-refractivity contribution < 1.29 is 0 Å². The lowest BCUT2D eigenvalue weighted by Crippen LogP contribution is -2.10. The Morgan fingerprint density at radius 2 is 2.33 bits per heavy atom. The third-order valence-corrected chi connectivity index (χ3v) is 4.04. The number of aryl methyl sites for hydroxylation is 1. The lowest BCUT2D eigenvalue weighted by molar-refractivity contribution is 0.533. The summed E-state index contributed by atoms with van der Waals surface area (Å²) in [5.41, 5.74) is 1.39. The zero-order chi connectivity index (χ0) is 10.8. The van der Waals surface area contributed by atoms with Crippen molar-refractivity contribution in [1.29, 1.82) is 0 Å². The second-order valence-corrected chi connectivity index (χ2v) is 5.71. The van der Waals surface area contributed by atoms with E-state index in [1.54, 1.807) is 0 Å². The second kappa shape index (κ2) is 4.52. The first-order chi connectivity index (χ1) is 7.20. The van der Waals surface area contributed by atoms with Gasteiger partial charge in [-0.25, -0.2) is 4.98 Å². The average molecular weight is 224 g/mol. The van der Waals surface area contributed by atoms with E-state index < -0.39 is 0 Å². The van der Waals surface area contributed by atoms with Crippen LogP contribution in [-0.2, 0) is 6.42 Å². The maximum atomic E-state index is 4.75. The van der Waals surface area contributed by atoms with Gasteiger partial charge in [-0.3, -0.25) is 0 Å². The Bertz CT molecular complexity index is 330. The fourth-order valence-electron chi connectivity index (χ4n) is 2.21. The molecule has 2 rings (SSSR count). The van der Waals surface area contributed by atoms with Gasteiger partial charge in [-0.1, -0.05) is 6.92 Å². The predicted octanol–water partition coefficient (Wildman–Crippen LogP) is 3.79. The lowest BCUT2D eigenvalue weighted by atomic mass is 9.89. The number of rotatable bonds is 3. The first-order valence-corrected chi connectivity index (χ1v) is 6.78. The van der Waals surface area contributed by atoms with Crippen LogP contribution < -0.4 is 5.32 Å². The lowest BCUT2D eigenvalue weighted by Gasteiger charge is -2.18. The van der Waals surface area contributed by atoms with Gasteiger partial charge < -0.3 is 5.32 Å². The minimum absolute atomic E-state index is 0.484. The predicted molar refractivity (Wildman–Crippen MR) is 66.8 cm³/mol. The Kier molecular flexibility index (Phi) is 3.29. The van der Waals surface area contributed by atoms with Crippen LogP contribution in [0.1, 0.15) is 56.5 Å². The molecule has 1 aromatic rings. The van der Waals surface area contributed by atoms with Gasteiger partial charge in [0.1, 0.15) is 0 Å². The summed E-state index contributed by atoms with van der Waals surface area (Å²) in [6, 6.07) is 0.484. The van der Waals surface area contributed by atoms with Gasteiger partial charge in [-0.15, -0.1) is 11.3 Å². The van der Waals surface area contributed by atoms with Crippen LogP contribution in [0, 0.1) is 0 Å². The van der Waals surface area contributed by atoms with E-state index in [0.717, 1.165) is 5.13 Å². The Morgan fingerprint density at radius 1 is 1.53 bits per heavy atom. The fraction of sp³-hybridized carbons (Fsp3) is 0.750. The minimum atomic E-state index is 0.484. The van der Waals surface area contributed by atoms with Crippen molar-refractivity contribution in [3.05, 3.63) is 10.6 Å². The number of nitrogens with one attached hydrogen (secondary N) is 1. The van der Waals surface area contributed by atoms with Crippen LogP contribution in [0.15, 0.2) is 0 Å². The van der Waals surface area contributed by atoms with Crippen LogP contribution in [0.5, 0.6) is 0 Å². The highest BCUT2D eigenvalue weighted by Gasteiger charge is 2.23. The van der Waals surface area contributed by atoms with Crippen LogP contribution in [0.4, 0.5) is 5.13 Å². The molecule has 1 aliphatic rings. The zero-order valence-electron chi connectivity index (χ0n) is 9.84. The van der Waals surface area contributed by atoms with Crippen molar-refractivity contribution in [2.24, 2.45) is 0 Å². The summed E-state index contributed by atoms with van der Waals surface area (Å²) in [7, 11) is 0. The van der Waals surface area contributed by atoms with Gasteiger partial charge in [0.05, 0.1) is 5.69 Å². The molecule has 0 aliphatic heterocycles. The topological polar surface area (TPSA) is 24.9 Å². The Labute approximate surface area is 96.1 Å². The maximum absolute atomic E-state index is 4.75. The maximum Gasteiger partial charge on any atom is 0.183 e. The van der Waals surface area contributed by atoms with Gasteiger partial charge in [0.2, 0.25) is 0 Å². The molecule has 2 nitrogen and oxygen atoms in total. The largest absolute Gasteiger partial charge is 0.359 e. The molecule has 1 unspecified atom stereocenters. The molecule has 1 heterocycles. The van der Waals surface area contributed by atoms with Crippen LogP contribution in [0.25, 0.3) is 0 Å². The van der Waals surface area contributed by atoms with Crippen molar-refractivity contribution in [3.63, 3.8) is 0 Å². The SMILES string of the molecule is CCC1CCCc2sc(NC(C)C)nc21. The van der Waals surface area contributed by atoms with E-state index in [4.69, 9.17) is 4.98 Å². The van der Waals surface area contributed by atoms with Crippen LogP contribution in [0.3, 0.4) is 0 Å². The fourth-order valence-corrected chi connectivity index (χ4v) is 3.45. The number of hydrogen-bond donors (Lipinski definition) is 1. The van der Waals surface area contributed by atoms with Crippen molar-refractivity contribution in [2.75, 3.05) is 5.32 Å². The quantitative estimate of drug-likeness (QED) is 0.845. The molecule has 0 spiro atoms. The second-order valence-electron chi connectivity index (χ2n) is 4.62. The van der Waals surface area contributed by atoms with Crippen LogP contribution >= 0.6 is 11.3 Å². The molecule has 1 atom stereocenters. The standard InChI is InChI=1S/C12H20N2S/c1-4-9-6-5-7-10-11(9)14-12(15-10)13-8(2)3/h8-9H,4-7H2,1-3H3,(H,13,14). The van der Waals surface area contributed by atoms with Gasteiger partial charge >= 0.3 is 0 Å². The van der Waals surface area contributed by atoms with Crippen molar-refractivity contribution >= 4 is 16.5 Å². The normalized spacial score (nSPS) is 20.4. The highest BCUT2D eigenvalue weighted by Crippen LogP contribution is 2.38. The summed E-state index contributed by atoms with van der Waals surface area (Å²) in [5.74, 6) is 0.715. The van der Waals surface area contributed by atoms with Gasteiger partial charge in [0, 0.05) is 16.8 Å². The molecule has 3 heteroatoms. The number of anilines is 1. The van der Waals surface area contributed by atoms with E-state index in [0.29, 0.717) is 12.0 Å². The number of nitrogens with zero attached hydrogens (tertiary/aromatic N) is 1. The summed E-state index contributed by atoms with van der Waals surface area (Å²) in [6.07, 6.45) is 5.14. The van der Waals surface area contributed by atoms with Crippen LogP contribution in [0.2, 0.25) is 0 Å². The van der Waals surface area contributed by atoms with Crippen molar-refractivity contribution in [1.82, 2.24) is 4.98 Å². The third-order valence-electron chi connectivity index (χ3n) is 2.98. The number of thiazole rings is 1. The summed E-state index contributed by atoms with van der Waals surface area (Å²) in [4.78, 5) is 6.27. The van der Waals surface area contributed by atoms with E-state index >= 15 is 0 Å². The van der Waals surface area contributed by atoms with E-state index in [1.807, 2.05) is 11.3 Å². The van der Waals surface area contributed by atoms with E-state index in [-0.39, 0.29) is 0 Å². The summed E-state index contributed by atoms with van der Waals surface area (Å²) < 4.78 is 0. The third kappa shape index (κ3) is 2.33. The highest BCUT2D eigenvalue weighted by molar-refractivity contribution is 7.15. The van der Waals surface area contributed by atoms with Gasteiger partial charge in [0.25, 0.3) is 0 Å². The van der Waals surface area contributed by atoms with Crippen molar-refractivity contribution in [3.8, 4) is 0 Å². The Hall–Kier alpha value is -0.570. The summed E-state index contributed by atoms with van der Waals surface area (Å²) in [6.45, 7) is 6.60. The molecule has 0 saturated carbocycles. The van der Waals surface area contributed by atoms with E-state index in [2.05, 4.69) is 26.1 Å². The molecule has 1 N–H and O–H groups in total. The number of aromatic nitrogens is 1. The summed E-state index contributed by atoms with van der Waals surface area (Å²) in [5, 5.41) is 4.53. The smallest absolute Gasteiger partial charge is 0.183 e. The highest BCUT2D eigenvalue weighted by atomic mass is 32.1. The molecule has 0 fully saturated rings. The molecule has 0 aromatic carbocycles. The molecular weight excluding hydrogens is 204 g/mol.